The van der Waals surface area contributed by atoms with Crippen molar-refractivity contribution in [2.45, 2.75) is 12.5 Å². The van der Waals surface area contributed by atoms with Gasteiger partial charge in [0.05, 0.1) is 12.0 Å². The normalized spacial score (nSPS) is 19.2. The Morgan fingerprint density at radius 2 is 1.74 bits per heavy atom. The fraction of sp³-hybridized carbons (Fsp3) is 0.190. The molecule has 1 aliphatic heterocycles. The van der Waals surface area contributed by atoms with Crippen LogP contribution in [0.15, 0.2) is 66.9 Å². The number of nitrogens with zero attached hydrogens (tertiary/aromatic N) is 2. The minimum atomic E-state index is -1.01. The van der Waals surface area contributed by atoms with Crippen LogP contribution in [0.25, 0.3) is 10.8 Å². The second-order valence-corrected chi connectivity index (χ2v) is 6.63. The van der Waals surface area contributed by atoms with Crippen LogP contribution in [0.3, 0.4) is 0 Å². The van der Waals surface area contributed by atoms with Gasteiger partial charge in [-0.1, -0.05) is 54.6 Å². The first-order valence-corrected chi connectivity index (χ1v) is 8.83. The maximum absolute atomic E-state index is 12.9. The molecule has 4 rings (SSSR count). The van der Waals surface area contributed by atoms with E-state index < -0.39 is 18.1 Å². The molecule has 2 atom stereocenters. The lowest BCUT2D eigenvalue weighted by atomic mass is 9.93. The molecule has 2 amide bonds. The lowest BCUT2D eigenvalue weighted by Gasteiger charge is -2.26. The quantitative estimate of drug-likeness (QED) is 0.741. The fourth-order valence-electron chi connectivity index (χ4n) is 3.71. The topological polar surface area (TPSA) is 82.5 Å². The Kier molecular flexibility index (Phi) is 4.46. The summed E-state index contributed by atoms with van der Waals surface area (Å²) in [5.41, 5.74) is 0.823. The van der Waals surface area contributed by atoms with Gasteiger partial charge in [-0.25, -0.2) is 9.78 Å². The van der Waals surface area contributed by atoms with Crippen molar-refractivity contribution in [1.29, 1.82) is 0 Å². The van der Waals surface area contributed by atoms with Gasteiger partial charge in [-0.15, -0.1) is 0 Å². The van der Waals surface area contributed by atoms with E-state index >= 15 is 0 Å². The number of hydrogen-bond donors (Lipinski definition) is 2. The average molecular weight is 361 g/mol. The van der Waals surface area contributed by atoms with Crippen molar-refractivity contribution in [2.24, 2.45) is 5.92 Å². The largest absolute Gasteiger partial charge is 0.465 e. The van der Waals surface area contributed by atoms with Crippen molar-refractivity contribution in [2.75, 3.05) is 11.9 Å². The first-order valence-electron chi connectivity index (χ1n) is 8.83. The van der Waals surface area contributed by atoms with E-state index in [1.807, 2.05) is 60.7 Å². The summed E-state index contributed by atoms with van der Waals surface area (Å²) < 4.78 is 0. The smallest absolute Gasteiger partial charge is 0.407 e. The van der Waals surface area contributed by atoms with Crippen LogP contribution < -0.4 is 5.32 Å². The second-order valence-electron chi connectivity index (χ2n) is 6.63. The summed E-state index contributed by atoms with van der Waals surface area (Å²) in [4.78, 5) is 30.2. The number of pyridine rings is 1. The van der Waals surface area contributed by atoms with E-state index in [4.69, 9.17) is 0 Å². The standard InChI is InChI=1S/C21H19N3O3/c25-20(23-18-12-15-8-4-5-9-16(15)13-22-18)17-10-11-24(21(26)27)19(17)14-6-2-1-3-7-14/h1-9,12-13,17,19H,10-11H2,(H,26,27)(H,22,23,25)/t17-,19?/m0/s1. The van der Waals surface area contributed by atoms with E-state index in [2.05, 4.69) is 10.3 Å². The van der Waals surface area contributed by atoms with E-state index in [0.29, 0.717) is 18.8 Å². The third-order valence-electron chi connectivity index (χ3n) is 5.00. The summed E-state index contributed by atoms with van der Waals surface area (Å²) in [6.45, 7) is 0.331. The SMILES string of the molecule is O=C(Nc1cc2ccccc2cn1)[C@H]1CCN(C(=O)O)C1c1ccccc1. The molecule has 1 aliphatic rings. The molecule has 1 aromatic heterocycles. The van der Waals surface area contributed by atoms with Crippen molar-refractivity contribution >= 4 is 28.6 Å². The Hall–Kier alpha value is -3.41. The molecule has 1 fully saturated rings. The highest BCUT2D eigenvalue weighted by Gasteiger charge is 2.42. The number of amides is 2. The molecule has 0 bridgehead atoms. The number of benzene rings is 2. The van der Waals surface area contributed by atoms with Crippen LogP contribution in [0.5, 0.6) is 0 Å². The molecule has 0 spiro atoms. The van der Waals surface area contributed by atoms with Gasteiger partial charge in [0.15, 0.2) is 0 Å². The lowest BCUT2D eigenvalue weighted by Crippen LogP contribution is -2.34. The van der Waals surface area contributed by atoms with Gasteiger partial charge in [-0.3, -0.25) is 4.79 Å². The highest BCUT2D eigenvalue weighted by atomic mass is 16.4. The van der Waals surface area contributed by atoms with Crippen LogP contribution >= 0.6 is 0 Å². The van der Waals surface area contributed by atoms with Crippen LogP contribution in [0.1, 0.15) is 18.0 Å². The van der Waals surface area contributed by atoms with E-state index in [1.165, 1.54) is 4.90 Å². The molecular weight excluding hydrogens is 342 g/mol. The molecule has 3 aromatic rings. The zero-order chi connectivity index (χ0) is 18.8. The molecule has 2 heterocycles. The Morgan fingerprint density at radius 3 is 2.48 bits per heavy atom. The minimum absolute atomic E-state index is 0.213. The van der Waals surface area contributed by atoms with Gasteiger partial charge in [0.2, 0.25) is 5.91 Å². The maximum atomic E-state index is 12.9. The number of carboxylic acid groups (broad SMARTS) is 1. The lowest BCUT2D eigenvalue weighted by molar-refractivity contribution is -0.120. The molecule has 1 saturated heterocycles. The molecule has 6 nitrogen and oxygen atoms in total. The van der Waals surface area contributed by atoms with Gasteiger partial charge in [0, 0.05) is 18.1 Å². The van der Waals surface area contributed by atoms with Gasteiger partial charge < -0.3 is 15.3 Å². The number of nitrogens with one attached hydrogen (secondary N) is 1. The number of carbonyl (C=O) groups excluding carboxylic acids is 1. The fourth-order valence-corrected chi connectivity index (χ4v) is 3.71. The minimum Gasteiger partial charge on any atom is -0.465 e. The molecule has 6 heteroatoms. The predicted octanol–water partition coefficient (Wildman–Crippen LogP) is 3.91. The third-order valence-corrected chi connectivity index (χ3v) is 5.00. The van der Waals surface area contributed by atoms with Gasteiger partial charge in [-0.05, 0) is 23.4 Å². The van der Waals surface area contributed by atoms with Crippen LogP contribution in [-0.2, 0) is 4.79 Å². The number of fused-ring (bicyclic) bond motifs is 1. The van der Waals surface area contributed by atoms with Crippen molar-refractivity contribution in [3.05, 3.63) is 72.4 Å². The van der Waals surface area contributed by atoms with E-state index in [9.17, 15) is 14.7 Å². The molecule has 0 radical (unpaired) electrons. The van der Waals surface area contributed by atoms with Gasteiger partial charge in [-0.2, -0.15) is 0 Å². The van der Waals surface area contributed by atoms with E-state index in [0.717, 1.165) is 16.3 Å². The summed E-state index contributed by atoms with van der Waals surface area (Å²) in [7, 11) is 0. The number of hydrogen-bond acceptors (Lipinski definition) is 3. The highest BCUT2D eigenvalue weighted by molar-refractivity contribution is 5.95. The van der Waals surface area contributed by atoms with Crippen molar-refractivity contribution in [3.8, 4) is 0 Å². The summed E-state index contributed by atoms with van der Waals surface area (Å²) in [6, 6.07) is 18.4. The van der Waals surface area contributed by atoms with Gasteiger partial charge in [0.1, 0.15) is 5.82 Å². The molecule has 0 aliphatic carbocycles. The monoisotopic (exact) mass is 361 g/mol. The molecule has 2 aromatic carbocycles. The Morgan fingerprint density at radius 1 is 1.04 bits per heavy atom. The summed E-state index contributed by atoms with van der Waals surface area (Å²) in [5, 5.41) is 14.4. The zero-order valence-electron chi connectivity index (χ0n) is 14.6. The average Bonchev–Trinajstić information content (AvgIpc) is 3.14. The Balaban J connectivity index is 1.60. The van der Waals surface area contributed by atoms with Crippen molar-refractivity contribution in [1.82, 2.24) is 9.88 Å². The zero-order valence-corrected chi connectivity index (χ0v) is 14.6. The number of carbonyl (C=O) groups is 2. The number of rotatable bonds is 3. The van der Waals surface area contributed by atoms with Crippen LogP contribution in [-0.4, -0.2) is 33.5 Å². The molecule has 1 unspecified atom stereocenters. The molecule has 2 N–H and O–H groups in total. The highest BCUT2D eigenvalue weighted by Crippen LogP contribution is 2.38. The van der Waals surface area contributed by atoms with Gasteiger partial charge >= 0.3 is 6.09 Å². The van der Waals surface area contributed by atoms with Crippen LogP contribution in [0.2, 0.25) is 0 Å². The second kappa shape index (κ2) is 7.07. The number of likely N-dealkylation sites (tertiary alicyclic amines) is 1. The van der Waals surface area contributed by atoms with E-state index in [1.54, 1.807) is 6.20 Å². The van der Waals surface area contributed by atoms with E-state index in [-0.39, 0.29) is 5.91 Å². The van der Waals surface area contributed by atoms with Crippen molar-refractivity contribution in [3.63, 3.8) is 0 Å². The summed E-state index contributed by atoms with van der Waals surface area (Å²) in [6.07, 6.45) is 1.19. The van der Waals surface area contributed by atoms with Crippen LogP contribution in [0.4, 0.5) is 10.6 Å². The Labute approximate surface area is 156 Å². The molecular formula is C21H19N3O3. The summed E-state index contributed by atoms with van der Waals surface area (Å²) >= 11 is 0. The molecule has 0 saturated carbocycles. The van der Waals surface area contributed by atoms with Gasteiger partial charge in [0.25, 0.3) is 0 Å². The number of anilines is 1. The first-order chi connectivity index (χ1) is 13.1. The Bertz CT molecular complexity index is 990. The third kappa shape index (κ3) is 3.33. The molecule has 136 valence electrons. The summed E-state index contributed by atoms with van der Waals surface area (Å²) in [5.74, 6) is -0.202. The van der Waals surface area contributed by atoms with Crippen LogP contribution in [0, 0.1) is 5.92 Å². The predicted molar refractivity (Wildman–Crippen MR) is 102 cm³/mol. The number of aromatic nitrogens is 1. The maximum Gasteiger partial charge on any atom is 0.407 e. The van der Waals surface area contributed by atoms with Crippen molar-refractivity contribution < 1.29 is 14.7 Å². The molecule has 27 heavy (non-hydrogen) atoms. The first kappa shape index (κ1) is 17.0.